The van der Waals surface area contributed by atoms with E-state index >= 15 is 0 Å². The summed E-state index contributed by atoms with van der Waals surface area (Å²) in [5, 5.41) is 51.6. The Morgan fingerprint density at radius 2 is 1.67 bits per heavy atom. The summed E-state index contributed by atoms with van der Waals surface area (Å²) in [5.41, 5.74) is 0. The molecule has 2 saturated heterocycles. The van der Waals surface area contributed by atoms with E-state index in [9.17, 15) is 0 Å². The lowest BCUT2D eigenvalue weighted by molar-refractivity contribution is -0.0262. The Kier molecular flexibility index (Phi) is 6.39. The van der Waals surface area contributed by atoms with Crippen molar-refractivity contribution < 1.29 is 40.1 Å². The minimum Gasteiger partial charge on any atom is -0.394 e. The minimum absolute atomic E-state index is 0.0816. The van der Waals surface area contributed by atoms with Gasteiger partial charge in [-0.15, -0.1) is 0 Å². The van der Waals surface area contributed by atoms with E-state index in [2.05, 4.69) is 4.74 Å². The van der Waals surface area contributed by atoms with Gasteiger partial charge in [0.1, 0.15) is 36.6 Å². The summed E-state index contributed by atoms with van der Waals surface area (Å²) < 4.78 is 9.43. The molecule has 2 fully saturated rings. The maximum absolute atomic E-state index is 8.92. The van der Waals surface area contributed by atoms with Gasteiger partial charge < -0.3 is 40.1 Å². The first-order valence-corrected chi connectivity index (χ1v) is 5.69. The number of rotatable bonds is 6. The molecule has 0 saturated carbocycles. The molecule has 2 aliphatic rings. The highest BCUT2D eigenvalue weighted by Gasteiger charge is 2.43. The Labute approximate surface area is 104 Å². The van der Waals surface area contributed by atoms with Crippen molar-refractivity contribution in [1.82, 2.24) is 0 Å². The molecule has 0 spiro atoms. The van der Waals surface area contributed by atoms with Crippen molar-refractivity contribution in [2.75, 3.05) is 26.4 Å². The van der Waals surface area contributed by atoms with Gasteiger partial charge in [0.05, 0.1) is 26.4 Å². The zero-order valence-corrected chi connectivity index (χ0v) is 9.79. The third-order valence-electron chi connectivity index (χ3n) is 2.69. The molecule has 18 heavy (non-hydrogen) atoms. The molecule has 0 aliphatic carbocycles. The fourth-order valence-corrected chi connectivity index (χ4v) is 1.35. The van der Waals surface area contributed by atoms with E-state index in [1.807, 2.05) is 0 Å². The second-order valence-corrected chi connectivity index (χ2v) is 4.18. The first kappa shape index (κ1) is 15.7. The van der Waals surface area contributed by atoms with Crippen LogP contribution >= 0.6 is 0 Å². The SMILES string of the molecule is OCC(O)C(O)C1CO1.OCC(O)C1OC1CO. The zero-order valence-electron chi connectivity index (χ0n) is 9.79. The number of aliphatic hydroxyl groups is 6. The molecule has 0 aromatic heterocycles. The van der Waals surface area contributed by atoms with E-state index in [4.69, 9.17) is 35.4 Å². The topological polar surface area (TPSA) is 146 Å². The minimum atomic E-state index is -1.06. The van der Waals surface area contributed by atoms with Gasteiger partial charge in [0.25, 0.3) is 0 Å². The molecule has 0 amide bonds. The third-order valence-corrected chi connectivity index (χ3v) is 2.69. The van der Waals surface area contributed by atoms with Gasteiger partial charge in [0.15, 0.2) is 0 Å². The van der Waals surface area contributed by atoms with Crippen LogP contribution in [0.15, 0.2) is 0 Å². The molecule has 0 aromatic rings. The van der Waals surface area contributed by atoms with E-state index in [1.54, 1.807) is 0 Å². The van der Waals surface area contributed by atoms with Crippen LogP contribution in [-0.2, 0) is 9.47 Å². The Hall–Kier alpha value is -0.320. The van der Waals surface area contributed by atoms with Gasteiger partial charge >= 0.3 is 0 Å². The van der Waals surface area contributed by atoms with Crippen LogP contribution in [0.25, 0.3) is 0 Å². The Morgan fingerprint density at radius 3 is 2.00 bits per heavy atom. The lowest BCUT2D eigenvalue weighted by Crippen LogP contribution is -2.33. The summed E-state index contributed by atoms with van der Waals surface area (Å²) in [6.45, 7) is -0.317. The van der Waals surface area contributed by atoms with E-state index in [0.717, 1.165) is 0 Å². The van der Waals surface area contributed by atoms with Crippen LogP contribution in [0.2, 0.25) is 0 Å². The maximum atomic E-state index is 8.92. The van der Waals surface area contributed by atoms with E-state index in [1.165, 1.54) is 0 Å². The molecule has 8 heteroatoms. The first-order valence-electron chi connectivity index (χ1n) is 5.69. The summed E-state index contributed by atoms with van der Waals surface area (Å²) in [6.07, 6.45) is -3.67. The van der Waals surface area contributed by atoms with Crippen molar-refractivity contribution in [3.63, 3.8) is 0 Å². The Morgan fingerprint density at radius 1 is 1.06 bits per heavy atom. The average molecular weight is 268 g/mol. The van der Waals surface area contributed by atoms with Gasteiger partial charge in [-0.1, -0.05) is 0 Å². The van der Waals surface area contributed by atoms with Gasteiger partial charge in [-0.25, -0.2) is 0 Å². The third kappa shape index (κ3) is 4.75. The molecule has 108 valence electrons. The normalized spacial score (nSPS) is 34.0. The highest BCUT2D eigenvalue weighted by atomic mass is 16.6. The lowest BCUT2D eigenvalue weighted by Gasteiger charge is -2.11. The molecule has 2 rings (SSSR count). The van der Waals surface area contributed by atoms with Crippen LogP contribution in [0.5, 0.6) is 0 Å². The van der Waals surface area contributed by atoms with Crippen LogP contribution in [0, 0.1) is 0 Å². The van der Waals surface area contributed by atoms with E-state index < -0.39 is 24.9 Å². The number of hydrogen-bond donors (Lipinski definition) is 6. The van der Waals surface area contributed by atoms with Crippen LogP contribution in [0.1, 0.15) is 0 Å². The van der Waals surface area contributed by atoms with Gasteiger partial charge in [-0.05, 0) is 0 Å². The number of epoxide rings is 2. The van der Waals surface area contributed by atoms with Gasteiger partial charge in [0.2, 0.25) is 0 Å². The standard InChI is InChI=1S/2C5H10O4/c6-1-3(7)5(8)4-2-9-4;6-1-3(8)5-4(2-7)9-5/h2*3-8H,1-2H2. The molecule has 0 bridgehead atoms. The van der Waals surface area contributed by atoms with Crippen molar-refractivity contribution in [2.45, 2.75) is 36.6 Å². The molecule has 2 aliphatic heterocycles. The van der Waals surface area contributed by atoms with Gasteiger partial charge in [-0.3, -0.25) is 0 Å². The summed E-state index contributed by atoms with van der Waals surface area (Å²) in [5.74, 6) is 0. The monoisotopic (exact) mass is 268 g/mol. The smallest absolute Gasteiger partial charge is 0.115 e. The van der Waals surface area contributed by atoms with E-state index in [0.29, 0.717) is 6.61 Å². The predicted molar refractivity (Wildman–Crippen MR) is 57.7 cm³/mol. The van der Waals surface area contributed by atoms with E-state index in [-0.39, 0.29) is 31.5 Å². The Balaban J connectivity index is 0.000000180. The predicted octanol–water partition coefficient (Wildman–Crippen LogP) is -3.80. The summed E-state index contributed by atoms with van der Waals surface area (Å²) in [4.78, 5) is 0. The van der Waals surface area contributed by atoms with Gasteiger partial charge in [-0.2, -0.15) is 0 Å². The van der Waals surface area contributed by atoms with Crippen molar-refractivity contribution in [3.8, 4) is 0 Å². The van der Waals surface area contributed by atoms with Crippen molar-refractivity contribution in [3.05, 3.63) is 0 Å². The molecule has 2 heterocycles. The average Bonchev–Trinajstić information content (AvgIpc) is 3.28. The molecule has 8 nitrogen and oxygen atoms in total. The summed E-state index contributed by atoms with van der Waals surface area (Å²) in [6, 6.07) is 0. The second kappa shape index (κ2) is 7.31. The van der Waals surface area contributed by atoms with Crippen LogP contribution in [0.3, 0.4) is 0 Å². The van der Waals surface area contributed by atoms with Crippen molar-refractivity contribution in [1.29, 1.82) is 0 Å². The Bertz CT molecular complexity index is 234. The van der Waals surface area contributed by atoms with Gasteiger partial charge in [0, 0.05) is 0 Å². The highest BCUT2D eigenvalue weighted by Crippen LogP contribution is 2.24. The molecule has 6 atom stereocenters. The fraction of sp³-hybridized carbons (Fsp3) is 1.00. The van der Waals surface area contributed by atoms with Crippen molar-refractivity contribution >= 4 is 0 Å². The fourth-order valence-electron chi connectivity index (χ4n) is 1.35. The van der Waals surface area contributed by atoms with Crippen molar-refractivity contribution in [2.24, 2.45) is 0 Å². The quantitative estimate of drug-likeness (QED) is 0.269. The maximum Gasteiger partial charge on any atom is 0.115 e. The molecule has 6 unspecified atom stereocenters. The summed E-state index contributed by atoms with van der Waals surface area (Å²) >= 11 is 0. The molecule has 0 radical (unpaired) electrons. The number of aliphatic hydroxyl groups excluding tert-OH is 6. The molecular weight excluding hydrogens is 248 g/mol. The van der Waals surface area contributed by atoms with Crippen LogP contribution < -0.4 is 0 Å². The first-order chi connectivity index (χ1) is 8.54. The lowest BCUT2D eigenvalue weighted by atomic mass is 10.2. The number of ether oxygens (including phenoxy) is 2. The van der Waals surface area contributed by atoms with Crippen LogP contribution in [0.4, 0.5) is 0 Å². The molecule has 0 aromatic carbocycles. The number of hydrogen-bond acceptors (Lipinski definition) is 8. The zero-order chi connectivity index (χ0) is 13.7. The largest absolute Gasteiger partial charge is 0.394 e. The highest BCUT2D eigenvalue weighted by molar-refractivity contribution is 4.89. The second-order valence-electron chi connectivity index (χ2n) is 4.18. The molecule has 6 N–H and O–H groups in total. The summed E-state index contributed by atoms with van der Waals surface area (Å²) in [7, 11) is 0. The van der Waals surface area contributed by atoms with Crippen LogP contribution in [-0.4, -0.2) is 93.7 Å². The molecular formula is C10H20O8.